The van der Waals surface area contributed by atoms with Crippen molar-refractivity contribution < 1.29 is 23.7 Å². The SMILES string of the molecule is CC1(COCc2ccc(-c3ccc(COCc4ccc(-c5ccc(COCC6(C)COC6)cc5)cc4)cc3)cc2)COC1. The van der Waals surface area contributed by atoms with E-state index in [9.17, 15) is 0 Å². The fraction of sp³-hybridized carbons (Fsp3) is 0.368. The van der Waals surface area contributed by atoms with Crippen molar-refractivity contribution in [1.82, 2.24) is 0 Å². The maximum atomic E-state index is 6.03. The van der Waals surface area contributed by atoms with E-state index in [1.807, 2.05) is 0 Å². The molecule has 43 heavy (non-hydrogen) atoms. The Morgan fingerprint density at radius 1 is 0.419 bits per heavy atom. The average molecular weight is 579 g/mol. The van der Waals surface area contributed by atoms with Gasteiger partial charge in [0.15, 0.2) is 0 Å². The zero-order chi connectivity index (χ0) is 29.5. The fourth-order valence-corrected chi connectivity index (χ4v) is 5.36. The van der Waals surface area contributed by atoms with Crippen LogP contribution in [-0.4, -0.2) is 39.6 Å². The van der Waals surface area contributed by atoms with Crippen molar-refractivity contribution in [2.75, 3.05) is 39.6 Å². The molecule has 4 aromatic carbocycles. The maximum absolute atomic E-state index is 6.03. The summed E-state index contributed by atoms with van der Waals surface area (Å²) < 4.78 is 28.5. The summed E-state index contributed by atoms with van der Waals surface area (Å²) in [7, 11) is 0. The summed E-state index contributed by atoms with van der Waals surface area (Å²) in [5.41, 5.74) is 9.88. The molecule has 0 amide bonds. The average Bonchev–Trinajstić information content (AvgIpc) is 3.01. The molecule has 5 nitrogen and oxygen atoms in total. The van der Waals surface area contributed by atoms with Crippen LogP contribution in [0.15, 0.2) is 97.1 Å². The smallest absolute Gasteiger partial charge is 0.0721 e. The summed E-state index contributed by atoms with van der Waals surface area (Å²) >= 11 is 0. The van der Waals surface area contributed by atoms with Gasteiger partial charge in [-0.2, -0.15) is 0 Å². The Bertz CT molecular complexity index is 1320. The highest BCUT2D eigenvalue weighted by atomic mass is 16.5. The van der Waals surface area contributed by atoms with Crippen LogP contribution in [0.4, 0.5) is 0 Å². The molecule has 2 heterocycles. The Labute approximate surface area is 255 Å². The molecule has 0 aliphatic carbocycles. The first-order valence-corrected chi connectivity index (χ1v) is 15.2. The van der Waals surface area contributed by atoms with Gasteiger partial charge in [0.1, 0.15) is 0 Å². The molecule has 0 bridgehead atoms. The third kappa shape index (κ3) is 7.99. The summed E-state index contributed by atoms with van der Waals surface area (Å²) in [6.07, 6.45) is 0. The first-order chi connectivity index (χ1) is 21.0. The molecule has 224 valence electrons. The Hall–Kier alpha value is -3.32. The summed E-state index contributed by atoms with van der Waals surface area (Å²) in [4.78, 5) is 0. The van der Waals surface area contributed by atoms with Crippen molar-refractivity contribution in [3.8, 4) is 22.3 Å². The molecule has 6 rings (SSSR count). The molecule has 5 heteroatoms. The third-order valence-electron chi connectivity index (χ3n) is 8.26. The van der Waals surface area contributed by atoms with Crippen molar-refractivity contribution >= 4 is 0 Å². The standard InChI is InChI=1S/C38H42O5/c1-37(25-42-26-37)23-40-21-31-7-15-35(16-8-31)33-11-3-29(4-12-33)19-39-20-30-5-13-34(14-6-30)36-17-9-32(10-18-36)22-41-24-38(2)27-43-28-38/h3-18H,19-28H2,1-2H3. The van der Waals surface area contributed by atoms with Gasteiger partial charge in [0, 0.05) is 10.8 Å². The van der Waals surface area contributed by atoms with Gasteiger partial charge in [-0.25, -0.2) is 0 Å². The van der Waals surface area contributed by atoms with Gasteiger partial charge in [-0.05, 0) is 44.5 Å². The zero-order valence-electron chi connectivity index (χ0n) is 25.3. The molecular weight excluding hydrogens is 536 g/mol. The van der Waals surface area contributed by atoms with E-state index in [0.717, 1.165) is 50.8 Å². The minimum absolute atomic E-state index is 0.185. The topological polar surface area (TPSA) is 46.2 Å². The molecule has 2 aliphatic rings. The summed E-state index contributed by atoms with van der Waals surface area (Å²) in [6.45, 7) is 11.5. The fourth-order valence-electron chi connectivity index (χ4n) is 5.36. The second-order valence-electron chi connectivity index (χ2n) is 12.9. The lowest BCUT2D eigenvalue weighted by atomic mass is 9.90. The molecule has 0 aromatic heterocycles. The molecule has 0 spiro atoms. The van der Waals surface area contributed by atoms with Crippen LogP contribution in [0.5, 0.6) is 0 Å². The van der Waals surface area contributed by atoms with Gasteiger partial charge in [0.2, 0.25) is 0 Å². The Balaban J connectivity index is 0.922. The quantitative estimate of drug-likeness (QED) is 0.153. The molecular formula is C38H42O5. The number of rotatable bonds is 14. The van der Waals surface area contributed by atoms with E-state index < -0.39 is 0 Å². The molecule has 2 fully saturated rings. The van der Waals surface area contributed by atoms with Crippen molar-refractivity contribution in [2.24, 2.45) is 10.8 Å². The number of ether oxygens (including phenoxy) is 5. The highest BCUT2D eigenvalue weighted by Crippen LogP contribution is 2.28. The van der Waals surface area contributed by atoms with Crippen LogP contribution in [0.25, 0.3) is 22.3 Å². The molecule has 0 unspecified atom stereocenters. The van der Waals surface area contributed by atoms with Gasteiger partial charge in [0.05, 0.1) is 66.1 Å². The normalized spacial score (nSPS) is 16.8. The van der Waals surface area contributed by atoms with Gasteiger partial charge < -0.3 is 23.7 Å². The highest BCUT2D eigenvalue weighted by molar-refractivity contribution is 5.64. The molecule has 0 atom stereocenters. The highest BCUT2D eigenvalue weighted by Gasteiger charge is 2.34. The summed E-state index contributed by atoms with van der Waals surface area (Å²) in [5, 5.41) is 0. The Morgan fingerprint density at radius 3 is 0.907 bits per heavy atom. The van der Waals surface area contributed by atoms with E-state index >= 15 is 0 Å². The van der Waals surface area contributed by atoms with Crippen LogP contribution in [-0.2, 0) is 50.1 Å². The van der Waals surface area contributed by atoms with Crippen LogP contribution in [0.3, 0.4) is 0 Å². The predicted octanol–water partition coefficient (Wildman–Crippen LogP) is 7.84. The van der Waals surface area contributed by atoms with E-state index in [1.165, 1.54) is 33.4 Å². The van der Waals surface area contributed by atoms with E-state index in [1.54, 1.807) is 0 Å². The van der Waals surface area contributed by atoms with Gasteiger partial charge in [-0.1, -0.05) is 111 Å². The Kier molecular flexibility index (Phi) is 9.37. The van der Waals surface area contributed by atoms with Crippen molar-refractivity contribution in [3.63, 3.8) is 0 Å². The largest absolute Gasteiger partial charge is 0.380 e. The van der Waals surface area contributed by atoms with E-state index in [2.05, 4.69) is 111 Å². The Morgan fingerprint density at radius 2 is 0.674 bits per heavy atom. The molecule has 0 radical (unpaired) electrons. The van der Waals surface area contributed by atoms with Gasteiger partial charge in [-0.3, -0.25) is 0 Å². The van der Waals surface area contributed by atoms with Crippen LogP contribution < -0.4 is 0 Å². The monoisotopic (exact) mass is 578 g/mol. The lowest BCUT2D eigenvalue weighted by molar-refractivity contribution is -0.140. The van der Waals surface area contributed by atoms with Gasteiger partial charge >= 0.3 is 0 Å². The van der Waals surface area contributed by atoms with E-state index in [4.69, 9.17) is 23.7 Å². The first-order valence-electron chi connectivity index (χ1n) is 15.2. The van der Waals surface area contributed by atoms with Crippen LogP contribution >= 0.6 is 0 Å². The molecule has 2 saturated heterocycles. The molecule has 0 saturated carbocycles. The van der Waals surface area contributed by atoms with Crippen LogP contribution in [0.1, 0.15) is 36.1 Å². The van der Waals surface area contributed by atoms with Crippen molar-refractivity contribution in [2.45, 2.75) is 40.3 Å². The molecule has 0 N–H and O–H groups in total. The van der Waals surface area contributed by atoms with Crippen molar-refractivity contribution in [1.29, 1.82) is 0 Å². The molecule has 2 aliphatic heterocycles. The summed E-state index contributed by atoms with van der Waals surface area (Å²) in [5.74, 6) is 0. The second-order valence-corrected chi connectivity index (χ2v) is 12.9. The third-order valence-corrected chi connectivity index (χ3v) is 8.26. The van der Waals surface area contributed by atoms with E-state index in [-0.39, 0.29) is 10.8 Å². The number of hydrogen-bond acceptors (Lipinski definition) is 5. The number of benzene rings is 4. The minimum atomic E-state index is 0.185. The van der Waals surface area contributed by atoms with Gasteiger partial charge in [-0.15, -0.1) is 0 Å². The van der Waals surface area contributed by atoms with Crippen LogP contribution in [0.2, 0.25) is 0 Å². The maximum Gasteiger partial charge on any atom is 0.0721 e. The first kappa shape index (κ1) is 29.7. The predicted molar refractivity (Wildman–Crippen MR) is 169 cm³/mol. The minimum Gasteiger partial charge on any atom is -0.380 e. The lowest BCUT2D eigenvalue weighted by Gasteiger charge is -2.37. The lowest BCUT2D eigenvalue weighted by Crippen LogP contribution is -2.43. The van der Waals surface area contributed by atoms with Gasteiger partial charge in [0.25, 0.3) is 0 Å². The summed E-state index contributed by atoms with van der Waals surface area (Å²) in [6, 6.07) is 34.5. The van der Waals surface area contributed by atoms with E-state index in [0.29, 0.717) is 26.4 Å². The molecule has 4 aromatic rings. The zero-order valence-corrected chi connectivity index (χ0v) is 25.3. The number of hydrogen-bond donors (Lipinski definition) is 0. The van der Waals surface area contributed by atoms with Crippen LogP contribution in [0, 0.1) is 10.8 Å². The van der Waals surface area contributed by atoms with Crippen molar-refractivity contribution in [3.05, 3.63) is 119 Å². The second kappa shape index (κ2) is 13.5.